The van der Waals surface area contributed by atoms with Gasteiger partial charge in [-0.2, -0.15) is 0 Å². The Morgan fingerprint density at radius 2 is 1.87 bits per heavy atom. The van der Waals surface area contributed by atoms with Crippen molar-refractivity contribution in [3.05, 3.63) is 68.7 Å². The third kappa shape index (κ3) is 4.91. The summed E-state index contributed by atoms with van der Waals surface area (Å²) >= 11 is 5.86. The summed E-state index contributed by atoms with van der Waals surface area (Å²) < 4.78 is 24.0. The third-order valence-corrected chi connectivity index (χ3v) is 7.18. The number of benzene rings is 2. The van der Waals surface area contributed by atoms with Gasteiger partial charge in [0, 0.05) is 44.0 Å². The van der Waals surface area contributed by atoms with Crippen molar-refractivity contribution < 1.29 is 18.1 Å². The van der Waals surface area contributed by atoms with Crippen molar-refractivity contribution in [3.8, 4) is 0 Å². The summed E-state index contributed by atoms with van der Waals surface area (Å²) in [5, 5.41) is 11.1. The van der Waals surface area contributed by atoms with Crippen molar-refractivity contribution in [1.29, 1.82) is 0 Å². The van der Waals surface area contributed by atoms with Crippen LogP contribution in [0.15, 0.2) is 42.5 Å². The predicted octanol–water partition coefficient (Wildman–Crippen LogP) is 3.14. The highest BCUT2D eigenvalue weighted by Gasteiger charge is 2.35. The van der Waals surface area contributed by atoms with Crippen molar-refractivity contribution in [1.82, 2.24) is 4.90 Å². The monoisotopic (exact) mass is 451 g/mol. The smallest absolute Gasteiger partial charge is 0.288 e. The Kier molecular flexibility index (Phi) is 6.33. The Hall–Kier alpha value is -2.65. The predicted molar refractivity (Wildman–Crippen MR) is 116 cm³/mol. The molecule has 1 atom stereocenters. The lowest BCUT2D eigenvalue weighted by molar-refractivity contribution is -0.384. The fourth-order valence-electron chi connectivity index (χ4n) is 3.44. The number of hydrogen-bond acceptors (Lipinski definition) is 6. The van der Waals surface area contributed by atoms with Crippen molar-refractivity contribution in [2.45, 2.75) is 19.0 Å². The average molecular weight is 452 g/mol. The highest BCUT2D eigenvalue weighted by molar-refractivity contribution is 7.91. The van der Waals surface area contributed by atoms with E-state index < -0.39 is 26.7 Å². The summed E-state index contributed by atoms with van der Waals surface area (Å²) in [6.07, 6.45) is 0.333. The van der Waals surface area contributed by atoms with Crippen LogP contribution in [0.5, 0.6) is 0 Å². The van der Waals surface area contributed by atoms with Gasteiger partial charge in [0.25, 0.3) is 11.6 Å². The molecule has 0 radical (unpaired) electrons. The lowest BCUT2D eigenvalue weighted by Gasteiger charge is -2.29. The molecule has 160 valence electrons. The molecule has 1 heterocycles. The number of carbonyl (C=O) groups excluding carboxylic acids is 1. The molecule has 1 saturated heterocycles. The van der Waals surface area contributed by atoms with Crippen LogP contribution in [0.1, 0.15) is 22.3 Å². The Bertz CT molecular complexity index is 1070. The Labute approximate surface area is 180 Å². The minimum atomic E-state index is -3.22. The number of carbonyl (C=O) groups is 1. The molecule has 1 aliphatic heterocycles. The summed E-state index contributed by atoms with van der Waals surface area (Å²) in [5.74, 6) is -0.569. The molecule has 0 saturated carbocycles. The van der Waals surface area contributed by atoms with E-state index in [-0.39, 0.29) is 34.3 Å². The zero-order valence-corrected chi connectivity index (χ0v) is 18.2. The Morgan fingerprint density at radius 3 is 2.40 bits per heavy atom. The van der Waals surface area contributed by atoms with Gasteiger partial charge in [-0.25, -0.2) is 8.42 Å². The maximum absolute atomic E-state index is 13.3. The second-order valence-corrected chi connectivity index (χ2v) is 10.1. The standard InChI is InChI=1S/C20H22ClN3O5S/c1-22(2)16-6-3-14(4-7-16)12-23(17-9-10-30(28,29)13-17)20(25)15-5-8-18(21)19(11-15)24(26)27/h3-8,11,17H,9-10,12-13H2,1-2H3/t17-/m0/s1. The van der Waals surface area contributed by atoms with E-state index in [2.05, 4.69) is 0 Å². The van der Waals surface area contributed by atoms with Crippen molar-refractivity contribution in [3.63, 3.8) is 0 Å². The highest BCUT2D eigenvalue weighted by atomic mass is 35.5. The average Bonchev–Trinajstić information content (AvgIpc) is 3.05. The minimum absolute atomic E-state index is 0.0157. The number of nitrogens with zero attached hydrogens (tertiary/aromatic N) is 3. The molecule has 1 aliphatic rings. The maximum Gasteiger partial charge on any atom is 0.288 e. The van der Waals surface area contributed by atoms with Gasteiger partial charge in [0.1, 0.15) is 5.02 Å². The normalized spacial score (nSPS) is 17.5. The molecular formula is C20H22ClN3O5S. The van der Waals surface area contributed by atoms with Gasteiger partial charge >= 0.3 is 0 Å². The second-order valence-electron chi connectivity index (χ2n) is 7.47. The van der Waals surface area contributed by atoms with Gasteiger partial charge in [-0.15, -0.1) is 0 Å². The first-order chi connectivity index (χ1) is 14.1. The van der Waals surface area contributed by atoms with E-state index in [0.717, 1.165) is 17.3 Å². The molecule has 2 aromatic rings. The fourth-order valence-corrected chi connectivity index (χ4v) is 5.35. The van der Waals surface area contributed by atoms with Gasteiger partial charge in [0.15, 0.2) is 9.84 Å². The SMILES string of the molecule is CN(C)c1ccc(CN(C(=O)c2ccc(Cl)c([N+](=O)[O-])c2)[C@H]2CCS(=O)(=O)C2)cc1. The summed E-state index contributed by atoms with van der Waals surface area (Å²) in [7, 11) is 0.612. The molecule has 0 aliphatic carbocycles. The number of anilines is 1. The lowest BCUT2D eigenvalue weighted by Crippen LogP contribution is -2.40. The Morgan fingerprint density at radius 1 is 1.20 bits per heavy atom. The molecule has 1 fully saturated rings. The van der Waals surface area contributed by atoms with Gasteiger partial charge in [0.05, 0.1) is 16.4 Å². The van der Waals surface area contributed by atoms with E-state index >= 15 is 0 Å². The molecule has 1 amide bonds. The summed E-state index contributed by atoms with van der Waals surface area (Å²) in [6, 6.07) is 11.0. The fraction of sp³-hybridized carbons (Fsp3) is 0.350. The molecule has 30 heavy (non-hydrogen) atoms. The first kappa shape index (κ1) is 22.0. The number of hydrogen-bond donors (Lipinski definition) is 0. The zero-order valence-electron chi connectivity index (χ0n) is 16.6. The third-order valence-electron chi connectivity index (χ3n) is 5.11. The number of rotatable bonds is 6. The van der Waals surface area contributed by atoms with E-state index in [1.54, 1.807) is 0 Å². The van der Waals surface area contributed by atoms with Crippen LogP contribution >= 0.6 is 11.6 Å². The molecule has 8 nitrogen and oxygen atoms in total. The molecule has 0 bridgehead atoms. The Balaban J connectivity index is 1.94. The van der Waals surface area contributed by atoms with Crippen LogP contribution in [0, 0.1) is 10.1 Å². The summed E-state index contributed by atoms with van der Waals surface area (Å²) in [4.78, 5) is 27.3. The van der Waals surface area contributed by atoms with Crippen LogP contribution in [0.25, 0.3) is 0 Å². The second kappa shape index (κ2) is 8.61. The van der Waals surface area contributed by atoms with Crippen LogP contribution < -0.4 is 4.90 Å². The number of nitro groups is 1. The number of halogens is 1. The molecule has 0 N–H and O–H groups in total. The highest BCUT2D eigenvalue weighted by Crippen LogP contribution is 2.28. The van der Waals surface area contributed by atoms with Gasteiger partial charge in [0.2, 0.25) is 0 Å². The van der Waals surface area contributed by atoms with E-state index in [1.807, 2.05) is 43.3 Å². The topological polar surface area (TPSA) is 101 Å². The first-order valence-corrected chi connectivity index (χ1v) is 11.5. The van der Waals surface area contributed by atoms with E-state index in [4.69, 9.17) is 11.6 Å². The van der Waals surface area contributed by atoms with E-state index in [9.17, 15) is 23.3 Å². The van der Waals surface area contributed by atoms with Crippen LogP contribution in [-0.4, -0.2) is 55.8 Å². The quantitative estimate of drug-likeness (QED) is 0.494. The van der Waals surface area contributed by atoms with Crippen LogP contribution in [0.2, 0.25) is 5.02 Å². The molecule has 0 spiro atoms. The van der Waals surface area contributed by atoms with Crippen molar-refractivity contribution in [2.24, 2.45) is 0 Å². The van der Waals surface area contributed by atoms with Gasteiger partial charge in [-0.05, 0) is 36.2 Å². The molecule has 3 rings (SSSR count). The summed E-state index contributed by atoms with van der Waals surface area (Å²) in [6.45, 7) is 0.198. The van der Waals surface area contributed by atoms with Gasteiger partial charge in [-0.1, -0.05) is 23.7 Å². The van der Waals surface area contributed by atoms with E-state index in [0.29, 0.717) is 6.42 Å². The van der Waals surface area contributed by atoms with Gasteiger partial charge in [-0.3, -0.25) is 14.9 Å². The zero-order chi connectivity index (χ0) is 22.1. The van der Waals surface area contributed by atoms with Crippen LogP contribution in [0.3, 0.4) is 0 Å². The molecule has 2 aromatic carbocycles. The molecule has 0 aromatic heterocycles. The minimum Gasteiger partial charge on any atom is -0.378 e. The first-order valence-electron chi connectivity index (χ1n) is 9.29. The maximum atomic E-state index is 13.3. The number of amides is 1. The largest absolute Gasteiger partial charge is 0.378 e. The molecule has 0 unspecified atom stereocenters. The summed E-state index contributed by atoms with van der Waals surface area (Å²) in [5.41, 5.74) is 1.56. The van der Waals surface area contributed by atoms with Crippen molar-refractivity contribution in [2.75, 3.05) is 30.5 Å². The number of sulfone groups is 1. The number of nitro benzene ring substituents is 1. The van der Waals surface area contributed by atoms with Gasteiger partial charge < -0.3 is 9.80 Å². The van der Waals surface area contributed by atoms with Crippen LogP contribution in [-0.2, 0) is 16.4 Å². The van der Waals surface area contributed by atoms with Crippen LogP contribution in [0.4, 0.5) is 11.4 Å². The van der Waals surface area contributed by atoms with Crippen molar-refractivity contribution >= 4 is 38.7 Å². The molecule has 10 heteroatoms. The van der Waals surface area contributed by atoms with E-state index in [1.165, 1.54) is 17.0 Å². The molecular weight excluding hydrogens is 430 g/mol. The lowest BCUT2D eigenvalue weighted by atomic mass is 10.1.